The molecule has 1 aliphatic rings. The fourth-order valence-electron chi connectivity index (χ4n) is 2.59. The molecule has 2 unspecified atom stereocenters. The van der Waals surface area contributed by atoms with E-state index in [4.69, 9.17) is 5.84 Å². The van der Waals surface area contributed by atoms with E-state index >= 15 is 0 Å². The number of hydrogen-bond acceptors (Lipinski definition) is 6. The monoisotopic (exact) mass is 281 g/mol. The Hall–Kier alpha value is -1.01. The number of hydrazine groups is 1. The molecule has 0 saturated heterocycles. The van der Waals surface area contributed by atoms with Gasteiger partial charge in [-0.2, -0.15) is 11.8 Å². The number of anilines is 2. The minimum absolute atomic E-state index is 0.503. The van der Waals surface area contributed by atoms with E-state index in [9.17, 15) is 0 Å². The van der Waals surface area contributed by atoms with Crippen LogP contribution in [0, 0.1) is 13.8 Å². The summed E-state index contributed by atoms with van der Waals surface area (Å²) in [5, 5.41) is 4.28. The molecule has 0 spiro atoms. The number of nitrogens with zero attached hydrogens (tertiary/aromatic N) is 2. The molecule has 19 heavy (non-hydrogen) atoms. The van der Waals surface area contributed by atoms with Gasteiger partial charge in [-0.15, -0.1) is 0 Å². The Balaban J connectivity index is 2.16. The van der Waals surface area contributed by atoms with Crippen molar-refractivity contribution < 1.29 is 0 Å². The first-order valence-electron chi connectivity index (χ1n) is 6.85. The Morgan fingerprint density at radius 1 is 1.26 bits per heavy atom. The van der Waals surface area contributed by atoms with Crippen LogP contribution >= 0.6 is 11.8 Å². The molecule has 0 aliphatic heterocycles. The van der Waals surface area contributed by atoms with E-state index in [2.05, 4.69) is 27.6 Å². The Kier molecular flexibility index (Phi) is 4.87. The van der Waals surface area contributed by atoms with Crippen molar-refractivity contribution in [1.82, 2.24) is 9.97 Å². The van der Waals surface area contributed by atoms with Gasteiger partial charge in [0.25, 0.3) is 0 Å². The molecule has 0 radical (unpaired) electrons. The fourth-order valence-corrected chi connectivity index (χ4v) is 3.79. The molecule has 1 saturated carbocycles. The number of nitrogen functional groups attached to an aromatic ring is 1. The van der Waals surface area contributed by atoms with Crippen LogP contribution in [0.4, 0.5) is 11.6 Å². The molecule has 2 atom stereocenters. The van der Waals surface area contributed by atoms with Crippen molar-refractivity contribution >= 4 is 23.4 Å². The zero-order valence-electron chi connectivity index (χ0n) is 11.9. The molecule has 1 aromatic rings. The summed E-state index contributed by atoms with van der Waals surface area (Å²) in [4.78, 5) is 8.80. The van der Waals surface area contributed by atoms with E-state index in [0.717, 1.165) is 17.2 Å². The summed E-state index contributed by atoms with van der Waals surface area (Å²) in [6.45, 7) is 6.10. The van der Waals surface area contributed by atoms with Crippen molar-refractivity contribution in [1.29, 1.82) is 0 Å². The van der Waals surface area contributed by atoms with Crippen LogP contribution in [-0.4, -0.2) is 27.0 Å². The third kappa shape index (κ3) is 3.30. The van der Waals surface area contributed by atoms with Crippen LogP contribution < -0.4 is 16.6 Å². The number of rotatable bonds is 5. The third-order valence-corrected chi connectivity index (χ3v) is 4.88. The SMILES string of the molecule is CCSC1CCCC1Nc1nc(C)nc(NN)c1C. The highest BCUT2D eigenvalue weighted by Gasteiger charge is 2.28. The maximum atomic E-state index is 5.50. The van der Waals surface area contributed by atoms with E-state index in [1.165, 1.54) is 25.0 Å². The average molecular weight is 281 g/mol. The largest absolute Gasteiger partial charge is 0.366 e. The lowest BCUT2D eigenvalue weighted by atomic mass is 10.2. The molecular formula is C13H23N5S. The van der Waals surface area contributed by atoms with Crippen molar-refractivity contribution in [3.05, 3.63) is 11.4 Å². The predicted molar refractivity (Wildman–Crippen MR) is 82.5 cm³/mol. The second-order valence-corrected chi connectivity index (χ2v) is 6.43. The first kappa shape index (κ1) is 14.4. The van der Waals surface area contributed by atoms with Gasteiger partial charge in [0.15, 0.2) is 0 Å². The smallest absolute Gasteiger partial charge is 0.148 e. The van der Waals surface area contributed by atoms with E-state index in [1.54, 1.807) is 0 Å². The molecule has 0 bridgehead atoms. The van der Waals surface area contributed by atoms with E-state index in [-0.39, 0.29) is 0 Å². The average Bonchev–Trinajstić information content (AvgIpc) is 2.81. The summed E-state index contributed by atoms with van der Waals surface area (Å²) in [5.74, 6) is 9.01. The number of aromatic nitrogens is 2. The number of aryl methyl sites for hydroxylation is 1. The Labute approximate surface area is 119 Å². The van der Waals surface area contributed by atoms with E-state index in [1.807, 2.05) is 25.6 Å². The summed E-state index contributed by atoms with van der Waals surface area (Å²) in [6, 6.07) is 0.503. The topological polar surface area (TPSA) is 75.9 Å². The molecular weight excluding hydrogens is 258 g/mol. The summed E-state index contributed by atoms with van der Waals surface area (Å²) in [7, 11) is 0. The van der Waals surface area contributed by atoms with Crippen molar-refractivity contribution in [3.63, 3.8) is 0 Å². The zero-order valence-corrected chi connectivity index (χ0v) is 12.7. The Bertz CT molecular complexity index is 437. The lowest BCUT2D eigenvalue weighted by Gasteiger charge is -2.22. The molecule has 1 heterocycles. The minimum Gasteiger partial charge on any atom is -0.366 e. The van der Waals surface area contributed by atoms with E-state index < -0.39 is 0 Å². The molecule has 4 N–H and O–H groups in total. The van der Waals surface area contributed by atoms with Gasteiger partial charge < -0.3 is 10.7 Å². The van der Waals surface area contributed by atoms with Crippen LogP contribution in [0.25, 0.3) is 0 Å². The van der Waals surface area contributed by atoms with Crippen LogP contribution in [-0.2, 0) is 0 Å². The van der Waals surface area contributed by atoms with Crippen LogP contribution in [0.5, 0.6) is 0 Å². The summed E-state index contributed by atoms with van der Waals surface area (Å²) in [6.07, 6.45) is 3.80. The van der Waals surface area contributed by atoms with Crippen molar-refractivity contribution in [3.8, 4) is 0 Å². The van der Waals surface area contributed by atoms with Crippen LogP contribution in [0.2, 0.25) is 0 Å². The Morgan fingerprint density at radius 2 is 2.00 bits per heavy atom. The van der Waals surface area contributed by atoms with Crippen LogP contribution in [0.15, 0.2) is 0 Å². The van der Waals surface area contributed by atoms with Gasteiger partial charge in [0.05, 0.1) is 0 Å². The molecule has 0 amide bonds. The van der Waals surface area contributed by atoms with E-state index in [0.29, 0.717) is 17.1 Å². The minimum atomic E-state index is 0.503. The molecule has 6 heteroatoms. The highest BCUT2D eigenvalue weighted by molar-refractivity contribution is 7.99. The van der Waals surface area contributed by atoms with Crippen LogP contribution in [0.3, 0.4) is 0 Å². The first-order valence-corrected chi connectivity index (χ1v) is 7.90. The van der Waals surface area contributed by atoms with Gasteiger partial charge >= 0.3 is 0 Å². The van der Waals surface area contributed by atoms with Gasteiger partial charge in [-0.1, -0.05) is 13.3 Å². The quantitative estimate of drug-likeness (QED) is 0.568. The summed E-state index contributed by atoms with van der Waals surface area (Å²) in [5.41, 5.74) is 3.63. The zero-order chi connectivity index (χ0) is 13.8. The third-order valence-electron chi connectivity index (χ3n) is 3.55. The molecule has 1 aliphatic carbocycles. The Morgan fingerprint density at radius 3 is 2.68 bits per heavy atom. The van der Waals surface area contributed by atoms with Gasteiger partial charge in [-0.3, -0.25) is 0 Å². The number of nitrogens with two attached hydrogens (primary N) is 1. The number of thioether (sulfide) groups is 1. The van der Waals surface area contributed by atoms with Crippen molar-refractivity contribution in [2.45, 2.75) is 51.3 Å². The predicted octanol–water partition coefficient (Wildman–Crippen LogP) is 2.47. The molecule has 2 rings (SSSR count). The number of hydrogen-bond donors (Lipinski definition) is 3. The fraction of sp³-hybridized carbons (Fsp3) is 0.692. The molecule has 1 aromatic heterocycles. The van der Waals surface area contributed by atoms with Gasteiger partial charge in [0.1, 0.15) is 17.5 Å². The van der Waals surface area contributed by atoms with Gasteiger partial charge in [-0.25, -0.2) is 15.8 Å². The van der Waals surface area contributed by atoms with Crippen molar-refractivity contribution in [2.75, 3.05) is 16.5 Å². The molecule has 106 valence electrons. The standard InChI is InChI=1S/C13H23N5S/c1-4-19-11-7-5-6-10(11)17-12-8(2)13(18-14)16-9(3)15-12/h10-11H,4-7,14H2,1-3H3,(H2,15,16,17,18). The molecule has 1 fully saturated rings. The normalized spacial score (nSPS) is 22.5. The first-order chi connectivity index (χ1) is 9.15. The highest BCUT2D eigenvalue weighted by atomic mass is 32.2. The highest BCUT2D eigenvalue weighted by Crippen LogP contribution is 2.32. The van der Waals surface area contributed by atoms with Gasteiger partial charge in [0, 0.05) is 16.9 Å². The lowest BCUT2D eigenvalue weighted by molar-refractivity contribution is 0.758. The lowest BCUT2D eigenvalue weighted by Crippen LogP contribution is -2.27. The summed E-state index contributed by atoms with van der Waals surface area (Å²) >= 11 is 2.04. The second-order valence-electron chi connectivity index (χ2n) is 4.91. The molecule has 0 aromatic carbocycles. The van der Waals surface area contributed by atoms with Crippen LogP contribution in [0.1, 0.15) is 37.6 Å². The van der Waals surface area contributed by atoms with Gasteiger partial charge in [0.2, 0.25) is 0 Å². The maximum Gasteiger partial charge on any atom is 0.148 e. The molecule has 5 nitrogen and oxygen atoms in total. The summed E-state index contributed by atoms with van der Waals surface area (Å²) < 4.78 is 0. The van der Waals surface area contributed by atoms with Gasteiger partial charge in [-0.05, 0) is 32.4 Å². The maximum absolute atomic E-state index is 5.50. The van der Waals surface area contributed by atoms with Crippen molar-refractivity contribution in [2.24, 2.45) is 5.84 Å². The number of nitrogens with one attached hydrogen (secondary N) is 2. The second kappa shape index (κ2) is 6.43.